The molecule has 1 aliphatic carbocycles. The third-order valence-electron chi connectivity index (χ3n) is 8.90. The minimum absolute atomic E-state index is 0.0722. The van der Waals surface area contributed by atoms with Gasteiger partial charge >= 0.3 is 0 Å². The van der Waals surface area contributed by atoms with Gasteiger partial charge in [-0.3, -0.25) is 4.99 Å². The van der Waals surface area contributed by atoms with Gasteiger partial charge in [-0.1, -0.05) is 6.92 Å². The van der Waals surface area contributed by atoms with E-state index in [0.717, 1.165) is 0 Å². The molecule has 0 spiro atoms. The summed E-state index contributed by atoms with van der Waals surface area (Å²) in [5.74, 6) is -1.31. The molecule has 0 aromatic rings. The number of hydrogen-bond acceptors (Lipinski definition) is 16. The largest absolute Gasteiger partial charge is 0.394 e. The van der Waals surface area contributed by atoms with Gasteiger partial charge in [0.1, 0.15) is 61.3 Å². The molecule has 15 N–H and O–H groups in total. The van der Waals surface area contributed by atoms with E-state index in [-0.39, 0.29) is 25.7 Å². The smallest absolute Gasteiger partial charge is 0.184 e. The first-order valence-corrected chi connectivity index (χ1v) is 15.2. The molecule has 3 aliphatic rings. The first-order chi connectivity index (χ1) is 21.1. The summed E-state index contributed by atoms with van der Waals surface area (Å²) in [6, 6.07) is -2.62. The highest BCUT2D eigenvalue weighted by atomic mass is 19.1. The zero-order valence-electron chi connectivity index (χ0n) is 25.6. The molecular formula is C27H52FN5O12. The number of aliphatic imine (C=N–C) groups is 1. The molecular weight excluding hydrogens is 605 g/mol. The van der Waals surface area contributed by atoms with Crippen LogP contribution in [0.1, 0.15) is 33.1 Å². The van der Waals surface area contributed by atoms with Crippen LogP contribution >= 0.6 is 0 Å². The van der Waals surface area contributed by atoms with Crippen LogP contribution in [0.4, 0.5) is 4.39 Å². The SMILES string of the molecule is C[C@@H]1C(O)[C@@H](OC2C(O)C(O[C@H]3O[C@H](CNCCF)CCC3N)[C@@H](N)C[C@H]2N=C(N)C(O)C(O)C(O)C(O)CO)OCC1(C)O. The van der Waals surface area contributed by atoms with Crippen LogP contribution in [0.5, 0.6) is 0 Å². The highest BCUT2D eigenvalue weighted by Gasteiger charge is 2.51. The minimum Gasteiger partial charge on any atom is -0.394 e. The summed E-state index contributed by atoms with van der Waals surface area (Å²) in [7, 11) is 0. The Labute approximate surface area is 261 Å². The van der Waals surface area contributed by atoms with Gasteiger partial charge in [0.15, 0.2) is 12.6 Å². The predicted octanol–water partition coefficient (Wildman–Crippen LogP) is -5.49. The predicted molar refractivity (Wildman–Crippen MR) is 155 cm³/mol. The number of amidine groups is 1. The van der Waals surface area contributed by atoms with Crippen molar-refractivity contribution in [1.82, 2.24) is 5.32 Å². The molecule has 264 valence electrons. The van der Waals surface area contributed by atoms with Crippen molar-refractivity contribution in [3.63, 3.8) is 0 Å². The summed E-state index contributed by atoms with van der Waals surface area (Å²) in [6.07, 6.45) is -14.8. The Balaban J connectivity index is 1.84. The van der Waals surface area contributed by atoms with Gasteiger partial charge in [-0.25, -0.2) is 4.39 Å². The number of nitrogens with zero attached hydrogens (tertiary/aromatic N) is 1. The molecule has 16 atom stereocenters. The molecule has 0 radical (unpaired) electrons. The summed E-state index contributed by atoms with van der Waals surface area (Å²) in [4.78, 5) is 4.22. The van der Waals surface area contributed by atoms with E-state index in [0.29, 0.717) is 19.4 Å². The molecule has 0 aromatic heterocycles. The molecule has 10 unspecified atom stereocenters. The number of rotatable bonds is 14. The van der Waals surface area contributed by atoms with Crippen LogP contribution in [-0.4, -0.2) is 171 Å². The fourth-order valence-corrected chi connectivity index (χ4v) is 5.66. The minimum atomic E-state index is -2.04. The first-order valence-electron chi connectivity index (χ1n) is 15.2. The van der Waals surface area contributed by atoms with E-state index in [1.54, 1.807) is 6.92 Å². The van der Waals surface area contributed by atoms with Crippen molar-refractivity contribution >= 4 is 5.84 Å². The Morgan fingerprint density at radius 2 is 1.71 bits per heavy atom. The van der Waals surface area contributed by atoms with Crippen molar-refractivity contribution in [1.29, 1.82) is 0 Å². The fourth-order valence-electron chi connectivity index (χ4n) is 5.66. The van der Waals surface area contributed by atoms with E-state index in [9.17, 15) is 40.1 Å². The Bertz CT molecular complexity index is 943. The van der Waals surface area contributed by atoms with Crippen molar-refractivity contribution in [2.24, 2.45) is 28.1 Å². The van der Waals surface area contributed by atoms with Crippen LogP contribution in [0.15, 0.2) is 4.99 Å². The monoisotopic (exact) mass is 657 g/mol. The number of ether oxygens (including phenoxy) is 4. The molecule has 17 nitrogen and oxygen atoms in total. The van der Waals surface area contributed by atoms with E-state index in [2.05, 4.69) is 10.3 Å². The molecule has 2 heterocycles. The molecule has 0 amide bonds. The maximum absolute atomic E-state index is 12.5. The summed E-state index contributed by atoms with van der Waals surface area (Å²) in [5.41, 5.74) is 17.3. The van der Waals surface area contributed by atoms with Gasteiger partial charge in [-0.05, 0) is 26.2 Å². The van der Waals surface area contributed by atoms with Crippen molar-refractivity contribution in [2.75, 3.05) is 33.0 Å². The Morgan fingerprint density at radius 1 is 1.04 bits per heavy atom. The number of aliphatic hydroxyl groups is 8. The number of hydrogen-bond donors (Lipinski definition) is 12. The lowest BCUT2D eigenvalue weighted by molar-refractivity contribution is -0.312. The lowest BCUT2D eigenvalue weighted by Gasteiger charge is -2.48. The highest BCUT2D eigenvalue weighted by molar-refractivity contribution is 5.85. The van der Waals surface area contributed by atoms with Crippen molar-refractivity contribution < 1.29 is 64.2 Å². The van der Waals surface area contributed by atoms with Crippen LogP contribution in [0.25, 0.3) is 0 Å². The maximum Gasteiger partial charge on any atom is 0.184 e. The van der Waals surface area contributed by atoms with Gasteiger partial charge < -0.3 is 82.3 Å². The second-order valence-electron chi connectivity index (χ2n) is 12.5. The second-order valence-corrected chi connectivity index (χ2v) is 12.5. The Morgan fingerprint density at radius 3 is 2.36 bits per heavy atom. The topological polar surface area (TPSA) is 301 Å². The summed E-state index contributed by atoms with van der Waals surface area (Å²) >= 11 is 0. The summed E-state index contributed by atoms with van der Waals surface area (Å²) < 4.78 is 36.3. The van der Waals surface area contributed by atoms with E-state index in [1.807, 2.05) is 0 Å². The lowest BCUT2D eigenvalue weighted by atomic mass is 9.82. The lowest BCUT2D eigenvalue weighted by Crippen LogP contribution is -2.65. The molecule has 3 rings (SSSR count). The van der Waals surface area contributed by atoms with Gasteiger partial charge in [-0.2, -0.15) is 0 Å². The molecule has 45 heavy (non-hydrogen) atoms. The third-order valence-corrected chi connectivity index (χ3v) is 8.90. The van der Waals surface area contributed by atoms with E-state index in [1.165, 1.54) is 6.92 Å². The van der Waals surface area contributed by atoms with E-state index in [4.69, 9.17) is 41.3 Å². The van der Waals surface area contributed by atoms with Gasteiger partial charge in [0.05, 0.1) is 37.0 Å². The maximum atomic E-state index is 12.5. The summed E-state index contributed by atoms with van der Waals surface area (Å²) in [6.45, 7) is 1.96. The van der Waals surface area contributed by atoms with Gasteiger partial charge in [0, 0.05) is 25.0 Å². The third kappa shape index (κ3) is 9.46. The standard InChI is InChI=1S/C27H52FN5O12/c1-11-17(36)26(42-10-27(11,2)41)45-23-15(33-24(31)20(39)19(38)18(37)16(35)9-34)7-14(30)22(21(23)40)44-25-13(29)4-3-12(43-25)8-32-6-5-28/h11-23,25-26,32,34-41H,3-10,29-30H2,1-2H3,(H2,31,33)/t11-,12+,13?,14+,15-,16?,17?,18?,19?,20?,21?,22?,23?,25-,26-,27?/m1/s1. The van der Waals surface area contributed by atoms with E-state index < -0.39 is 110 Å². The second kappa shape index (κ2) is 16.8. The number of halogens is 1. The van der Waals surface area contributed by atoms with Crippen LogP contribution in [-0.2, 0) is 18.9 Å². The number of nitrogens with two attached hydrogens (primary N) is 3. The van der Waals surface area contributed by atoms with Crippen LogP contribution in [0.2, 0.25) is 0 Å². The zero-order valence-corrected chi connectivity index (χ0v) is 25.6. The molecule has 3 fully saturated rings. The van der Waals surface area contributed by atoms with Crippen molar-refractivity contribution in [3.8, 4) is 0 Å². The average Bonchev–Trinajstić information content (AvgIpc) is 3.00. The first kappa shape index (κ1) is 38.2. The molecule has 1 saturated carbocycles. The van der Waals surface area contributed by atoms with Crippen molar-refractivity contribution in [2.45, 2.75) is 124 Å². The van der Waals surface area contributed by atoms with Crippen LogP contribution < -0.4 is 22.5 Å². The normalized spacial score (nSPS) is 42.6. The van der Waals surface area contributed by atoms with Gasteiger partial charge in [0.2, 0.25) is 0 Å². The van der Waals surface area contributed by atoms with Gasteiger partial charge in [0.25, 0.3) is 0 Å². The number of nitrogens with one attached hydrogen (secondary N) is 1. The van der Waals surface area contributed by atoms with E-state index >= 15 is 0 Å². The zero-order chi connectivity index (χ0) is 33.6. The number of alkyl halides is 1. The quantitative estimate of drug-likeness (QED) is 0.0471. The van der Waals surface area contributed by atoms with Gasteiger partial charge in [-0.15, -0.1) is 0 Å². The summed E-state index contributed by atoms with van der Waals surface area (Å²) in [5, 5.41) is 85.5. The number of aliphatic hydroxyl groups excluding tert-OH is 7. The molecule has 2 aliphatic heterocycles. The Kier molecular flexibility index (Phi) is 14.2. The molecule has 18 heteroatoms. The molecule has 0 bridgehead atoms. The fraction of sp³-hybridized carbons (Fsp3) is 0.963. The van der Waals surface area contributed by atoms with Crippen molar-refractivity contribution in [3.05, 3.63) is 0 Å². The van der Waals surface area contributed by atoms with Crippen LogP contribution in [0.3, 0.4) is 0 Å². The highest BCUT2D eigenvalue weighted by Crippen LogP contribution is 2.35. The Hall–Kier alpha value is -1.20. The molecule has 0 aromatic carbocycles. The average molecular weight is 658 g/mol. The van der Waals surface area contributed by atoms with Crippen LogP contribution in [0, 0.1) is 5.92 Å². The molecule has 2 saturated heterocycles.